The molecule has 5 nitrogen and oxygen atoms in total. The first-order valence-corrected chi connectivity index (χ1v) is 10.3. The number of ketones is 1. The Morgan fingerprint density at radius 2 is 1.40 bits per heavy atom. The van der Waals surface area contributed by atoms with Crippen molar-refractivity contribution in [2.24, 2.45) is 0 Å². The summed E-state index contributed by atoms with van der Waals surface area (Å²) in [7, 11) is 0. The summed E-state index contributed by atoms with van der Waals surface area (Å²) < 4.78 is 5.01. The van der Waals surface area contributed by atoms with Crippen molar-refractivity contribution < 1.29 is 19.1 Å². The van der Waals surface area contributed by atoms with Crippen LogP contribution in [0.25, 0.3) is 0 Å². The van der Waals surface area contributed by atoms with Crippen LogP contribution in [0.2, 0.25) is 0 Å². The average molecular weight is 420 g/mol. The number of carbonyl (C=O) groups is 3. The smallest absolute Gasteiger partial charge is 0.306 e. The molecule has 0 aliphatic rings. The number of benzene rings is 3. The molecule has 0 saturated carbocycles. The Labute approximate surface area is 179 Å². The first kappa shape index (κ1) is 21.3. The van der Waals surface area contributed by atoms with Crippen molar-refractivity contribution >= 4 is 35.1 Å². The van der Waals surface area contributed by atoms with Crippen LogP contribution in [-0.4, -0.2) is 24.3 Å². The van der Waals surface area contributed by atoms with Crippen LogP contribution in [0, 0.1) is 0 Å². The van der Waals surface area contributed by atoms with Crippen LogP contribution in [0.1, 0.15) is 23.2 Å². The van der Waals surface area contributed by atoms with Gasteiger partial charge in [0, 0.05) is 21.8 Å². The zero-order chi connectivity index (χ0) is 21.2. The van der Waals surface area contributed by atoms with Gasteiger partial charge in [-0.2, -0.15) is 0 Å². The van der Waals surface area contributed by atoms with Crippen molar-refractivity contribution in [2.45, 2.75) is 22.6 Å². The van der Waals surface area contributed by atoms with Crippen molar-refractivity contribution in [1.82, 2.24) is 0 Å². The summed E-state index contributed by atoms with van der Waals surface area (Å²) in [5.41, 5.74) is 1.20. The highest BCUT2D eigenvalue weighted by molar-refractivity contribution is 7.99. The van der Waals surface area contributed by atoms with Gasteiger partial charge in [-0.15, -0.1) is 0 Å². The summed E-state index contributed by atoms with van der Waals surface area (Å²) >= 11 is 1.53. The summed E-state index contributed by atoms with van der Waals surface area (Å²) in [5, 5.41) is 2.77. The van der Waals surface area contributed by atoms with E-state index in [-0.39, 0.29) is 18.6 Å². The van der Waals surface area contributed by atoms with E-state index >= 15 is 0 Å². The van der Waals surface area contributed by atoms with Crippen LogP contribution in [0.3, 0.4) is 0 Å². The maximum absolute atomic E-state index is 12.2. The van der Waals surface area contributed by atoms with Crippen molar-refractivity contribution in [3.8, 4) is 0 Å². The summed E-state index contributed by atoms with van der Waals surface area (Å²) in [6, 6.07) is 26.0. The van der Waals surface area contributed by atoms with Gasteiger partial charge in [0.1, 0.15) is 0 Å². The van der Waals surface area contributed by atoms with Gasteiger partial charge in [0.2, 0.25) is 0 Å². The number of amides is 1. The third kappa shape index (κ3) is 6.60. The van der Waals surface area contributed by atoms with Crippen molar-refractivity contribution in [3.63, 3.8) is 0 Å². The number of para-hydroxylation sites is 1. The molecule has 0 aliphatic carbocycles. The molecule has 30 heavy (non-hydrogen) atoms. The zero-order valence-corrected chi connectivity index (χ0v) is 17.1. The number of hydrogen-bond acceptors (Lipinski definition) is 5. The first-order valence-electron chi connectivity index (χ1n) is 9.47. The molecular formula is C24H21NO4S. The van der Waals surface area contributed by atoms with Gasteiger partial charge in [-0.3, -0.25) is 14.4 Å². The number of nitrogens with one attached hydrogen (secondary N) is 1. The second kappa shape index (κ2) is 11.0. The molecule has 152 valence electrons. The molecule has 0 aliphatic heterocycles. The van der Waals surface area contributed by atoms with Crippen LogP contribution in [0.4, 0.5) is 5.69 Å². The lowest BCUT2D eigenvalue weighted by Crippen LogP contribution is -2.21. The number of rotatable bonds is 9. The lowest BCUT2D eigenvalue weighted by atomic mass is 10.1. The maximum Gasteiger partial charge on any atom is 0.306 e. The monoisotopic (exact) mass is 419 g/mol. The van der Waals surface area contributed by atoms with E-state index in [9.17, 15) is 14.4 Å². The quantitative estimate of drug-likeness (QED) is 0.391. The molecule has 3 aromatic rings. The Balaban J connectivity index is 1.47. The minimum atomic E-state index is -0.582. The summed E-state index contributed by atoms with van der Waals surface area (Å²) in [6.45, 7) is -0.400. The van der Waals surface area contributed by atoms with E-state index in [2.05, 4.69) is 5.32 Å². The van der Waals surface area contributed by atoms with Crippen LogP contribution in [0.5, 0.6) is 0 Å². The Kier molecular flexibility index (Phi) is 7.80. The van der Waals surface area contributed by atoms with Crippen molar-refractivity contribution in [1.29, 1.82) is 0 Å². The number of ether oxygens (including phenoxy) is 1. The molecular weight excluding hydrogens is 398 g/mol. The molecule has 0 saturated heterocycles. The van der Waals surface area contributed by atoms with Crippen LogP contribution in [0.15, 0.2) is 94.7 Å². The van der Waals surface area contributed by atoms with Gasteiger partial charge in [-0.05, 0) is 24.3 Å². The Bertz CT molecular complexity index is 1010. The molecule has 0 spiro atoms. The molecule has 3 aromatic carbocycles. The van der Waals surface area contributed by atoms with Gasteiger partial charge >= 0.3 is 5.97 Å². The molecule has 0 heterocycles. The number of esters is 1. The molecule has 0 fully saturated rings. The molecule has 0 aromatic heterocycles. The Morgan fingerprint density at radius 1 is 0.767 bits per heavy atom. The summed E-state index contributed by atoms with van der Waals surface area (Å²) in [6.07, 6.45) is -0.0253. The minimum absolute atomic E-state index is 0.0427. The van der Waals surface area contributed by atoms with Crippen molar-refractivity contribution in [3.05, 3.63) is 90.5 Å². The highest BCUT2D eigenvalue weighted by atomic mass is 32.2. The molecule has 0 bridgehead atoms. The number of anilines is 1. The van der Waals surface area contributed by atoms with E-state index in [0.717, 1.165) is 9.79 Å². The highest BCUT2D eigenvalue weighted by Crippen LogP contribution is 2.33. The summed E-state index contributed by atoms with van der Waals surface area (Å²) in [4.78, 5) is 38.1. The molecule has 6 heteroatoms. The predicted octanol–water partition coefficient (Wildman–Crippen LogP) is 4.98. The normalized spacial score (nSPS) is 10.3. The first-order chi connectivity index (χ1) is 14.6. The van der Waals surface area contributed by atoms with Gasteiger partial charge in [0.15, 0.2) is 12.4 Å². The molecule has 0 atom stereocenters. The van der Waals surface area contributed by atoms with Gasteiger partial charge < -0.3 is 10.1 Å². The van der Waals surface area contributed by atoms with Crippen LogP contribution < -0.4 is 5.32 Å². The molecule has 0 radical (unpaired) electrons. The number of Topliss-reactive ketones (excluding diaryl/α,β-unsaturated/α-hetero) is 1. The third-order valence-corrected chi connectivity index (χ3v) is 5.23. The summed E-state index contributed by atoms with van der Waals surface area (Å²) in [5.74, 6) is -1.15. The lowest BCUT2D eigenvalue weighted by Gasteiger charge is -2.11. The molecule has 3 rings (SSSR count). The SMILES string of the molecule is O=C(COC(=O)CCC(=O)c1ccccc1)Nc1ccccc1Sc1ccccc1. The fraction of sp³-hybridized carbons (Fsp3) is 0.125. The molecule has 0 unspecified atom stereocenters. The van der Waals surface area contributed by atoms with Gasteiger partial charge in [-0.1, -0.05) is 72.4 Å². The fourth-order valence-electron chi connectivity index (χ4n) is 2.66. The number of hydrogen-bond donors (Lipinski definition) is 1. The van der Waals surface area contributed by atoms with E-state index in [1.807, 2.05) is 54.6 Å². The van der Waals surface area contributed by atoms with Crippen LogP contribution in [-0.2, 0) is 14.3 Å². The minimum Gasteiger partial charge on any atom is -0.456 e. The Morgan fingerprint density at radius 3 is 2.13 bits per heavy atom. The fourth-order valence-corrected chi connectivity index (χ4v) is 3.59. The molecule has 1 N–H and O–H groups in total. The third-order valence-electron chi connectivity index (χ3n) is 4.15. The van der Waals surface area contributed by atoms with E-state index in [0.29, 0.717) is 11.3 Å². The standard InChI is InChI=1S/C24H21NO4S/c26-21(18-9-3-1-4-10-18)15-16-24(28)29-17-23(27)25-20-13-7-8-14-22(20)30-19-11-5-2-6-12-19/h1-14H,15-17H2,(H,25,27). The van der Waals surface area contributed by atoms with Crippen molar-refractivity contribution in [2.75, 3.05) is 11.9 Å². The van der Waals surface area contributed by atoms with Gasteiger partial charge in [0.25, 0.3) is 5.91 Å². The Hall–Kier alpha value is -3.38. The largest absolute Gasteiger partial charge is 0.456 e. The van der Waals surface area contributed by atoms with Gasteiger partial charge in [-0.25, -0.2) is 0 Å². The van der Waals surface area contributed by atoms with E-state index in [1.165, 1.54) is 11.8 Å². The molecule has 1 amide bonds. The lowest BCUT2D eigenvalue weighted by molar-refractivity contribution is -0.147. The highest BCUT2D eigenvalue weighted by Gasteiger charge is 2.13. The predicted molar refractivity (Wildman–Crippen MR) is 117 cm³/mol. The van der Waals surface area contributed by atoms with Gasteiger partial charge in [0.05, 0.1) is 12.1 Å². The second-order valence-corrected chi connectivity index (χ2v) is 7.52. The van der Waals surface area contributed by atoms with E-state index in [1.54, 1.807) is 30.3 Å². The number of carbonyl (C=O) groups excluding carboxylic acids is 3. The average Bonchev–Trinajstić information content (AvgIpc) is 2.78. The topological polar surface area (TPSA) is 72.5 Å². The zero-order valence-electron chi connectivity index (χ0n) is 16.2. The van der Waals surface area contributed by atoms with Crippen LogP contribution >= 0.6 is 11.8 Å². The maximum atomic E-state index is 12.2. The van der Waals surface area contributed by atoms with E-state index in [4.69, 9.17) is 4.74 Å². The van der Waals surface area contributed by atoms with E-state index < -0.39 is 18.5 Å². The second-order valence-electron chi connectivity index (χ2n) is 6.41.